The number of anilines is 2. The number of para-hydroxylation sites is 2. The molecule has 1 heterocycles. The molecule has 0 radical (unpaired) electrons. The van der Waals surface area contributed by atoms with Crippen LogP contribution in [0.15, 0.2) is 71.6 Å². The van der Waals surface area contributed by atoms with Crippen molar-refractivity contribution in [3.05, 3.63) is 93.0 Å². The average molecular weight is 515 g/mol. The van der Waals surface area contributed by atoms with Crippen LogP contribution in [0, 0.1) is 17.0 Å². The molecule has 9 nitrogen and oxygen atoms in total. The first kappa shape index (κ1) is 24.6. The molecule has 1 saturated heterocycles. The predicted octanol–water partition coefficient (Wildman–Crippen LogP) is 4.32. The van der Waals surface area contributed by atoms with E-state index in [4.69, 9.17) is 11.6 Å². The number of nitrogens with one attached hydrogen (secondary N) is 1. The number of benzene rings is 3. The molecule has 3 aromatic carbocycles. The minimum absolute atomic E-state index is 0.0718. The van der Waals surface area contributed by atoms with Crippen LogP contribution >= 0.6 is 11.6 Å². The summed E-state index contributed by atoms with van der Waals surface area (Å²) < 4.78 is 27.5. The third-order valence-corrected chi connectivity index (χ3v) is 8.01. The van der Waals surface area contributed by atoms with E-state index in [-0.39, 0.29) is 29.2 Å². The van der Waals surface area contributed by atoms with E-state index in [1.807, 2.05) is 11.8 Å². The Morgan fingerprint density at radius 2 is 1.63 bits per heavy atom. The Morgan fingerprint density at radius 1 is 0.971 bits per heavy atom. The van der Waals surface area contributed by atoms with Gasteiger partial charge in [-0.05, 0) is 37.3 Å². The molecule has 1 fully saturated rings. The first-order chi connectivity index (χ1) is 16.7. The number of carbonyl (C=O) groups is 1. The van der Waals surface area contributed by atoms with Gasteiger partial charge in [-0.15, -0.1) is 0 Å². The van der Waals surface area contributed by atoms with Crippen LogP contribution in [0.1, 0.15) is 15.9 Å². The van der Waals surface area contributed by atoms with Gasteiger partial charge in [0.25, 0.3) is 11.6 Å². The van der Waals surface area contributed by atoms with Crippen LogP contribution in [-0.4, -0.2) is 49.7 Å². The molecule has 1 amide bonds. The topological polar surface area (TPSA) is 113 Å². The first-order valence-electron chi connectivity index (χ1n) is 10.8. The predicted molar refractivity (Wildman–Crippen MR) is 135 cm³/mol. The Hall–Kier alpha value is -3.47. The quantitative estimate of drug-likeness (QED) is 0.387. The van der Waals surface area contributed by atoms with Gasteiger partial charge in [0, 0.05) is 32.2 Å². The highest BCUT2D eigenvalue weighted by Crippen LogP contribution is 2.35. The van der Waals surface area contributed by atoms with Crippen LogP contribution in [0.2, 0.25) is 5.02 Å². The third kappa shape index (κ3) is 5.14. The van der Waals surface area contributed by atoms with Crippen LogP contribution in [-0.2, 0) is 10.0 Å². The van der Waals surface area contributed by atoms with Crippen molar-refractivity contribution in [2.75, 3.05) is 36.4 Å². The standard InChI is InChI=1S/C24H23ClN4O5S/c1-17-9-11-18(12-10-17)35(33,34)28-15-13-27(14-16-28)23-20(25)6-4-7-21(23)26-24(30)19-5-2-3-8-22(19)29(31)32/h2-12H,13-16H2,1H3,(H,26,30). The van der Waals surface area contributed by atoms with Gasteiger partial charge in [0.05, 0.1) is 26.2 Å². The molecule has 35 heavy (non-hydrogen) atoms. The van der Waals surface area contributed by atoms with Crippen molar-refractivity contribution in [3.63, 3.8) is 0 Å². The number of nitro groups is 1. The monoisotopic (exact) mass is 514 g/mol. The summed E-state index contributed by atoms with van der Waals surface area (Å²) in [6, 6.07) is 17.4. The fourth-order valence-corrected chi connectivity index (χ4v) is 5.68. The Labute approximate surface area is 208 Å². The number of carbonyl (C=O) groups excluding carboxylic acids is 1. The van der Waals surface area contributed by atoms with Crippen molar-refractivity contribution in [1.29, 1.82) is 0 Å². The van der Waals surface area contributed by atoms with E-state index in [1.54, 1.807) is 48.5 Å². The van der Waals surface area contributed by atoms with E-state index in [1.165, 1.54) is 22.5 Å². The smallest absolute Gasteiger partial charge is 0.282 e. The number of amides is 1. The Morgan fingerprint density at radius 3 is 2.29 bits per heavy atom. The van der Waals surface area contributed by atoms with Gasteiger partial charge in [0.15, 0.2) is 0 Å². The third-order valence-electron chi connectivity index (χ3n) is 5.79. The molecule has 4 rings (SSSR count). The lowest BCUT2D eigenvalue weighted by Gasteiger charge is -2.36. The summed E-state index contributed by atoms with van der Waals surface area (Å²) >= 11 is 6.48. The molecular formula is C24H23ClN4O5S. The maximum Gasteiger partial charge on any atom is 0.282 e. The number of nitrogens with zero attached hydrogens (tertiary/aromatic N) is 3. The summed E-state index contributed by atoms with van der Waals surface area (Å²) in [5.74, 6) is -0.638. The number of halogens is 1. The second kappa shape index (κ2) is 10.0. The molecule has 182 valence electrons. The van der Waals surface area contributed by atoms with Gasteiger partial charge in [-0.3, -0.25) is 14.9 Å². The second-order valence-corrected chi connectivity index (χ2v) is 10.4. The summed E-state index contributed by atoms with van der Waals surface area (Å²) in [5, 5.41) is 14.4. The van der Waals surface area contributed by atoms with Crippen LogP contribution in [0.5, 0.6) is 0 Å². The summed E-state index contributed by atoms with van der Waals surface area (Å²) in [7, 11) is -3.63. The molecule has 0 aromatic heterocycles. The Bertz CT molecular complexity index is 1370. The molecule has 0 saturated carbocycles. The van der Waals surface area contributed by atoms with E-state index in [0.717, 1.165) is 5.56 Å². The summed E-state index contributed by atoms with van der Waals surface area (Å²) in [5.41, 5.74) is 1.52. The largest absolute Gasteiger partial charge is 0.366 e. The van der Waals surface area contributed by atoms with Gasteiger partial charge in [-0.2, -0.15) is 4.31 Å². The number of sulfonamides is 1. The zero-order chi connectivity index (χ0) is 25.2. The lowest BCUT2D eigenvalue weighted by molar-refractivity contribution is -0.385. The normalized spacial score (nSPS) is 14.5. The van der Waals surface area contributed by atoms with Crippen molar-refractivity contribution >= 4 is 44.6 Å². The van der Waals surface area contributed by atoms with Gasteiger partial charge in [-0.1, -0.05) is 47.5 Å². The molecule has 1 aliphatic rings. The summed E-state index contributed by atoms with van der Waals surface area (Å²) in [6.45, 7) is 3.06. The minimum atomic E-state index is -3.63. The first-order valence-corrected chi connectivity index (χ1v) is 12.7. The molecule has 0 bridgehead atoms. The second-order valence-electron chi connectivity index (χ2n) is 8.07. The molecule has 1 N–H and O–H groups in total. The van der Waals surface area contributed by atoms with Gasteiger partial charge < -0.3 is 10.2 Å². The molecule has 0 unspecified atom stereocenters. The molecule has 0 aliphatic carbocycles. The van der Waals surface area contributed by atoms with E-state index in [2.05, 4.69) is 5.32 Å². The average Bonchev–Trinajstić information content (AvgIpc) is 2.84. The Kier molecular flexibility index (Phi) is 7.06. The van der Waals surface area contributed by atoms with Crippen molar-refractivity contribution in [2.45, 2.75) is 11.8 Å². The van der Waals surface area contributed by atoms with E-state index in [9.17, 15) is 23.3 Å². The number of rotatable bonds is 6. The van der Waals surface area contributed by atoms with E-state index in [0.29, 0.717) is 29.5 Å². The fourth-order valence-electron chi connectivity index (χ4n) is 3.96. The van der Waals surface area contributed by atoms with Gasteiger partial charge >= 0.3 is 0 Å². The Balaban J connectivity index is 1.54. The van der Waals surface area contributed by atoms with Gasteiger partial charge in [0.1, 0.15) is 5.56 Å². The zero-order valence-corrected chi connectivity index (χ0v) is 20.4. The maximum atomic E-state index is 13.0. The molecular weight excluding hydrogens is 492 g/mol. The number of piperazine rings is 1. The van der Waals surface area contributed by atoms with Crippen LogP contribution in [0.4, 0.5) is 17.1 Å². The van der Waals surface area contributed by atoms with Gasteiger partial charge in [0.2, 0.25) is 10.0 Å². The SMILES string of the molecule is Cc1ccc(S(=O)(=O)N2CCN(c3c(Cl)cccc3NC(=O)c3ccccc3[N+](=O)[O-])CC2)cc1. The van der Waals surface area contributed by atoms with Crippen molar-refractivity contribution < 1.29 is 18.1 Å². The molecule has 0 atom stereocenters. The van der Waals surface area contributed by atoms with E-state index < -0.39 is 20.9 Å². The summed E-state index contributed by atoms with van der Waals surface area (Å²) in [4.78, 5) is 25.7. The molecule has 1 aliphatic heterocycles. The van der Waals surface area contributed by atoms with Crippen LogP contribution in [0.25, 0.3) is 0 Å². The highest BCUT2D eigenvalue weighted by atomic mass is 35.5. The van der Waals surface area contributed by atoms with Crippen LogP contribution < -0.4 is 10.2 Å². The number of aryl methyl sites for hydroxylation is 1. The van der Waals surface area contributed by atoms with Crippen molar-refractivity contribution in [2.24, 2.45) is 0 Å². The molecule has 0 spiro atoms. The lowest BCUT2D eigenvalue weighted by atomic mass is 10.1. The highest BCUT2D eigenvalue weighted by molar-refractivity contribution is 7.89. The van der Waals surface area contributed by atoms with E-state index >= 15 is 0 Å². The number of hydrogen-bond donors (Lipinski definition) is 1. The molecule has 3 aromatic rings. The minimum Gasteiger partial charge on any atom is -0.366 e. The summed E-state index contributed by atoms with van der Waals surface area (Å²) in [6.07, 6.45) is 0. The lowest BCUT2D eigenvalue weighted by Crippen LogP contribution is -2.49. The number of hydrogen-bond acceptors (Lipinski definition) is 6. The van der Waals surface area contributed by atoms with Crippen LogP contribution in [0.3, 0.4) is 0 Å². The molecule has 11 heteroatoms. The fraction of sp³-hybridized carbons (Fsp3) is 0.208. The van der Waals surface area contributed by atoms with Crippen molar-refractivity contribution in [3.8, 4) is 0 Å². The van der Waals surface area contributed by atoms with Crippen molar-refractivity contribution in [1.82, 2.24) is 4.31 Å². The zero-order valence-electron chi connectivity index (χ0n) is 18.8. The van der Waals surface area contributed by atoms with Gasteiger partial charge in [-0.25, -0.2) is 8.42 Å². The maximum absolute atomic E-state index is 13.0. The highest BCUT2D eigenvalue weighted by Gasteiger charge is 2.30. The number of nitro benzene ring substituents is 1.